The number of aliphatic carboxylic acids is 1. The Balaban J connectivity index is 1.54. The van der Waals surface area contributed by atoms with E-state index in [0.717, 1.165) is 23.8 Å². The molecule has 7 heteroatoms. The Morgan fingerprint density at radius 1 is 1.13 bits per heavy atom. The normalized spacial score (nSPS) is 12.0. The molecule has 0 amide bonds. The van der Waals surface area contributed by atoms with Gasteiger partial charge in [-0.2, -0.15) is 5.10 Å². The summed E-state index contributed by atoms with van der Waals surface area (Å²) < 4.78 is 12.6. The number of carbonyl (C=O) groups is 1. The molecule has 1 atom stereocenters. The fourth-order valence-electron chi connectivity index (χ4n) is 3.06. The molecule has 0 aliphatic heterocycles. The lowest BCUT2D eigenvalue weighted by atomic mass is 10.1. The zero-order chi connectivity index (χ0) is 21.3. The summed E-state index contributed by atoms with van der Waals surface area (Å²) >= 11 is 0. The topological polar surface area (TPSA) is 90.7 Å². The smallest absolute Gasteiger partial charge is 0.333 e. The summed E-state index contributed by atoms with van der Waals surface area (Å²) in [5.41, 5.74) is 0.716. The van der Waals surface area contributed by atoms with E-state index in [-0.39, 0.29) is 5.56 Å². The van der Waals surface area contributed by atoms with Crippen LogP contribution in [0.2, 0.25) is 0 Å². The van der Waals surface area contributed by atoms with E-state index in [1.807, 2.05) is 37.3 Å². The molecule has 3 rings (SSSR count). The molecule has 0 spiro atoms. The molecule has 0 aliphatic rings. The van der Waals surface area contributed by atoms with Crippen LogP contribution in [-0.4, -0.2) is 40.2 Å². The molecule has 7 nitrogen and oxygen atoms in total. The van der Waals surface area contributed by atoms with Gasteiger partial charge in [-0.1, -0.05) is 43.7 Å². The largest absolute Gasteiger partial charge is 0.492 e. The maximum atomic E-state index is 12.5. The number of unbranched alkanes of at least 4 members (excludes halogenated alkanes) is 1. The minimum absolute atomic E-state index is 0.144. The van der Waals surface area contributed by atoms with E-state index in [2.05, 4.69) is 5.10 Å². The summed E-state index contributed by atoms with van der Waals surface area (Å²) in [6.07, 6.45) is 2.92. The number of aromatic nitrogens is 2. The van der Waals surface area contributed by atoms with E-state index in [9.17, 15) is 14.7 Å². The second-order valence-corrected chi connectivity index (χ2v) is 7.01. The van der Waals surface area contributed by atoms with Crippen LogP contribution in [0.5, 0.6) is 5.75 Å². The predicted molar refractivity (Wildman–Crippen MR) is 114 cm³/mol. The molecule has 0 fully saturated rings. The molecule has 1 unspecified atom stereocenters. The SMILES string of the molecule is CCCCOC(Cc1ccc(OCCn2ncc3ccccc3c2=O)cc1)C(=O)O. The number of carboxylic acids is 1. The van der Waals surface area contributed by atoms with Crippen LogP contribution >= 0.6 is 0 Å². The lowest BCUT2D eigenvalue weighted by molar-refractivity contribution is -0.150. The molecule has 3 aromatic rings. The van der Waals surface area contributed by atoms with Crippen molar-refractivity contribution in [1.82, 2.24) is 9.78 Å². The van der Waals surface area contributed by atoms with Crippen molar-refractivity contribution in [3.05, 3.63) is 70.6 Å². The Morgan fingerprint density at radius 3 is 2.63 bits per heavy atom. The van der Waals surface area contributed by atoms with E-state index in [0.29, 0.717) is 37.3 Å². The first-order valence-electron chi connectivity index (χ1n) is 10.1. The van der Waals surface area contributed by atoms with Crippen LogP contribution < -0.4 is 10.3 Å². The third-order valence-corrected chi connectivity index (χ3v) is 4.77. The van der Waals surface area contributed by atoms with Crippen molar-refractivity contribution < 1.29 is 19.4 Å². The highest BCUT2D eigenvalue weighted by molar-refractivity contribution is 5.80. The maximum Gasteiger partial charge on any atom is 0.333 e. The molecule has 30 heavy (non-hydrogen) atoms. The van der Waals surface area contributed by atoms with Gasteiger partial charge < -0.3 is 14.6 Å². The number of benzene rings is 2. The Morgan fingerprint density at radius 2 is 1.90 bits per heavy atom. The lowest BCUT2D eigenvalue weighted by Crippen LogP contribution is -2.26. The first-order chi connectivity index (χ1) is 14.6. The van der Waals surface area contributed by atoms with Gasteiger partial charge in [-0.15, -0.1) is 0 Å². The summed E-state index contributed by atoms with van der Waals surface area (Å²) in [7, 11) is 0. The molecule has 1 heterocycles. The molecular weight excluding hydrogens is 384 g/mol. The van der Waals surface area contributed by atoms with Gasteiger partial charge in [0.15, 0.2) is 6.10 Å². The zero-order valence-corrected chi connectivity index (χ0v) is 17.0. The van der Waals surface area contributed by atoms with Gasteiger partial charge in [-0.05, 0) is 30.2 Å². The van der Waals surface area contributed by atoms with Crippen LogP contribution in [0.25, 0.3) is 10.8 Å². The highest BCUT2D eigenvalue weighted by atomic mass is 16.5. The molecule has 2 aromatic carbocycles. The highest BCUT2D eigenvalue weighted by Crippen LogP contribution is 2.15. The van der Waals surface area contributed by atoms with Gasteiger partial charge in [0.1, 0.15) is 12.4 Å². The van der Waals surface area contributed by atoms with E-state index < -0.39 is 12.1 Å². The van der Waals surface area contributed by atoms with Crippen molar-refractivity contribution >= 4 is 16.7 Å². The number of carboxylic acid groups (broad SMARTS) is 1. The lowest BCUT2D eigenvalue weighted by Gasteiger charge is -2.14. The first kappa shape index (κ1) is 21.5. The number of hydrogen-bond donors (Lipinski definition) is 1. The standard InChI is InChI=1S/C23H26N2O5/c1-2-3-13-30-21(23(27)28)15-17-8-10-19(11-9-17)29-14-12-25-22(26)20-7-5-4-6-18(20)16-24-25/h4-11,16,21H,2-3,12-15H2,1H3,(H,27,28). The third-order valence-electron chi connectivity index (χ3n) is 4.77. The van der Waals surface area contributed by atoms with Gasteiger partial charge in [-0.25, -0.2) is 9.48 Å². The van der Waals surface area contributed by atoms with E-state index >= 15 is 0 Å². The van der Waals surface area contributed by atoms with Crippen LogP contribution in [0, 0.1) is 0 Å². The van der Waals surface area contributed by atoms with Gasteiger partial charge in [-0.3, -0.25) is 4.79 Å². The Hall–Kier alpha value is -3.19. The highest BCUT2D eigenvalue weighted by Gasteiger charge is 2.18. The number of ether oxygens (including phenoxy) is 2. The first-order valence-corrected chi connectivity index (χ1v) is 10.1. The molecule has 0 saturated heterocycles. The zero-order valence-electron chi connectivity index (χ0n) is 17.0. The Kier molecular flexibility index (Phi) is 7.57. The second-order valence-electron chi connectivity index (χ2n) is 7.01. The van der Waals surface area contributed by atoms with Crippen molar-refractivity contribution in [3.8, 4) is 5.75 Å². The van der Waals surface area contributed by atoms with Gasteiger partial charge >= 0.3 is 5.97 Å². The summed E-state index contributed by atoms with van der Waals surface area (Å²) in [6.45, 7) is 3.10. The minimum Gasteiger partial charge on any atom is -0.492 e. The van der Waals surface area contributed by atoms with Crippen LogP contribution in [0.4, 0.5) is 0 Å². The van der Waals surface area contributed by atoms with Crippen LogP contribution in [0.3, 0.4) is 0 Å². The van der Waals surface area contributed by atoms with E-state index in [4.69, 9.17) is 9.47 Å². The van der Waals surface area contributed by atoms with Crippen molar-refractivity contribution in [1.29, 1.82) is 0 Å². The fourth-order valence-corrected chi connectivity index (χ4v) is 3.06. The van der Waals surface area contributed by atoms with Gasteiger partial charge in [0, 0.05) is 18.4 Å². The summed E-state index contributed by atoms with van der Waals surface area (Å²) in [5.74, 6) is -0.314. The molecule has 0 bridgehead atoms. The van der Waals surface area contributed by atoms with Gasteiger partial charge in [0.05, 0.1) is 18.1 Å². The van der Waals surface area contributed by atoms with Crippen molar-refractivity contribution in [2.45, 2.75) is 38.8 Å². The van der Waals surface area contributed by atoms with E-state index in [1.165, 1.54) is 4.68 Å². The number of nitrogens with zero attached hydrogens (tertiary/aromatic N) is 2. The average molecular weight is 410 g/mol. The number of rotatable bonds is 11. The monoisotopic (exact) mass is 410 g/mol. The Bertz CT molecular complexity index is 1030. The molecule has 0 aliphatic carbocycles. The summed E-state index contributed by atoms with van der Waals surface area (Å²) in [4.78, 5) is 23.8. The molecule has 0 saturated carbocycles. The van der Waals surface area contributed by atoms with Crippen molar-refractivity contribution in [2.24, 2.45) is 0 Å². The summed E-state index contributed by atoms with van der Waals surface area (Å²) in [5, 5.41) is 14.9. The number of fused-ring (bicyclic) bond motifs is 1. The Labute approximate surface area is 174 Å². The van der Waals surface area contributed by atoms with E-state index in [1.54, 1.807) is 24.4 Å². The molecule has 1 N–H and O–H groups in total. The number of hydrogen-bond acceptors (Lipinski definition) is 5. The minimum atomic E-state index is -0.959. The third kappa shape index (κ3) is 5.67. The van der Waals surface area contributed by atoms with Gasteiger partial charge in [0.2, 0.25) is 0 Å². The quantitative estimate of drug-likeness (QED) is 0.488. The van der Waals surface area contributed by atoms with Crippen LogP contribution in [0.1, 0.15) is 25.3 Å². The molecular formula is C23H26N2O5. The van der Waals surface area contributed by atoms with Crippen molar-refractivity contribution in [2.75, 3.05) is 13.2 Å². The summed E-state index contributed by atoms with van der Waals surface area (Å²) in [6, 6.07) is 14.6. The predicted octanol–water partition coefficient (Wildman–Crippen LogP) is 3.29. The maximum absolute atomic E-state index is 12.5. The molecule has 1 aromatic heterocycles. The molecule has 158 valence electrons. The van der Waals surface area contributed by atoms with Gasteiger partial charge in [0.25, 0.3) is 5.56 Å². The average Bonchev–Trinajstić information content (AvgIpc) is 2.76. The second kappa shape index (κ2) is 10.5. The van der Waals surface area contributed by atoms with Crippen molar-refractivity contribution in [3.63, 3.8) is 0 Å². The van der Waals surface area contributed by atoms with Crippen LogP contribution in [-0.2, 0) is 22.5 Å². The molecule has 0 radical (unpaired) electrons. The fraction of sp³-hybridized carbons (Fsp3) is 0.348. The van der Waals surface area contributed by atoms with Crippen LogP contribution in [0.15, 0.2) is 59.5 Å².